The average Bonchev–Trinajstić information content (AvgIpc) is 2.20. The molecule has 4 nitrogen and oxygen atoms in total. The van der Waals surface area contributed by atoms with Crippen LogP contribution in [0.4, 0.5) is 0 Å². The lowest BCUT2D eigenvalue weighted by Gasteiger charge is -2.06. The Morgan fingerprint density at radius 1 is 1.31 bits per heavy atom. The van der Waals surface area contributed by atoms with Crippen LogP contribution in [0, 0.1) is 5.92 Å². The second kappa shape index (κ2) is 7.91. The molecule has 0 bridgehead atoms. The third kappa shape index (κ3) is 7.04. The normalized spacial score (nSPS) is 11.6. The summed E-state index contributed by atoms with van der Waals surface area (Å²) in [7, 11) is 0. The summed E-state index contributed by atoms with van der Waals surface area (Å²) in [4.78, 5) is 21.9. The number of aliphatic carboxylic acids is 1. The maximum Gasteiger partial charge on any atom is 0.352 e. The molecule has 1 amide bonds. The van der Waals surface area contributed by atoms with E-state index in [4.69, 9.17) is 5.11 Å². The molecule has 0 aliphatic rings. The van der Waals surface area contributed by atoms with Crippen LogP contribution in [-0.4, -0.2) is 17.0 Å². The summed E-state index contributed by atoms with van der Waals surface area (Å²) < 4.78 is 0. The van der Waals surface area contributed by atoms with E-state index in [1.54, 1.807) is 6.92 Å². The largest absolute Gasteiger partial charge is 0.477 e. The molecule has 0 aromatic heterocycles. The van der Waals surface area contributed by atoms with Gasteiger partial charge in [-0.3, -0.25) is 4.79 Å². The van der Waals surface area contributed by atoms with E-state index in [0.717, 1.165) is 19.3 Å². The summed E-state index contributed by atoms with van der Waals surface area (Å²) in [6.07, 6.45) is 4.68. The fraction of sp³-hybridized carbons (Fsp3) is 0.667. The summed E-state index contributed by atoms with van der Waals surface area (Å²) in [6, 6.07) is 0. The minimum atomic E-state index is -1.10. The minimum Gasteiger partial charge on any atom is -0.477 e. The molecule has 2 N–H and O–H groups in total. The molecule has 0 saturated heterocycles. The molecule has 0 aliphatic carbocycles. The zero-order valence-electron chi connectivity index (χ0n) is 10.2. The topological polar surface area (TPSA) is 66.4 Å². The van der Waals surface area contributed by atoms with Gasteiger partial charge >= 0.3 is 5.97 Å². The highest BCUT2D eigenvalue weighted by Gasteiger charge is 2.09. The Kier molecular flexibility index (Phi) is 7.25. The molecule has 0 radical (unpaired) electrons. The first kappa shape index (κ1) is 14.7. The molecule has 4 heteroatoms. The third-order valence-corrected chi connectivity index (χ3v) is 2.23. The van der Waals surface area contributed by atoms with Gasteiger partial charge in [0.1, 0.15) is 5.70 Å². The highest BCUT2D eigenvalue weighted by Crippen LogP contribution is 2.08. The molecule has 0 aliphatic heterocycles. The van der Waals surface area contributed by atoms with Crippen molar-refractivity contribution in [2.24, 2.45) is 5.92 Å². The molecular formula is C12H21NO3. The fourth-order valence-corrected chi connectivity index (χ4v) is 1.30. The Bertz CT molecular complexity index is 269. The lowest BCUT2D eigenvalue weighted by atomic mass is 10.1. The molecule has 0 aromatic rings. The summed E-state index contributed by atoms with van der Waals surface area (Å²) in [6.45, 7) is 5.87. The van der Waals surface area contributed by atoms with Crippen LogP contribution in [0.5, 0.6) is 0 Å². The van der Waals surface area contributed by atoms with Gasteiger partial charge in [-0.1, -0.05) is 32.8 Å². The van der Waals surface area contributed by atoms with E-state index >= 15 is 0 Å². The molecular weight excluding hydrogens is 206 g/mol. The first-order valence-electron chi connectivity index (χ1n) is 5.66. The van der Waals surface area contributed by atoms with Gasteiger partial charge in [-0.05, 0) is 19.3 Å². The number of carboxylic acid groups (broad SMARTS) is 1. The van der Waals surface area contributed by atoms with Crippen molar-refractivity contribution in [2.75, 3.05) is 0 Å². The maximum absolute atomic E-state index is 11.3. The van der Waals surface area contributed by atoms with Crippen molar-refractivity contribution in [1.82, 2.24) is 5.32 Å². The van der Waals surface area contributed by atoms with Crippen molar-refractivity contribution >= 4 is 11.9 Å². The molecule has 0 fully saturated rings. The van der Waals surface area contributed by atoms with Crippen molar-refractivity contribution < 1.29 is 14.7 Å². The van der Waals surface area contributed by atoms with Gasteiger partial charge in [0.15, 0.2) is 0 Å². The number of hydrogen-bond acceptors (Lipinski definition) is 2. The molecule has 0 spiro atoms. The Hall–Kier alpha value is -1.32. The first-order chi connectivity index (χ1) is 7.47. The van der Waals surface area contributed by atoms with Crippen LogP contribution in [0.2, 0.25) is 0 Å². The predicted molar refractivity (Wildman–Crippen MR) is 62.8 cm³/mol. The Morgan fingerprint density at radius 3 is 2.38 bits per heavy atom. The van der Waals surface area contributed by atoms with Crippen molar-refractivity contribution in [3.63, 3.8) is 0 Å². The number of nitrogens with one attached hydrogen (secondary N) is 1. The van der Waals surface area contributed by atoms with Gasteiger partial charge in [-0.25, -0.2) is 4.79 Å². The van der Waals surface area contributed by atoms with E-state index in [1.165, 1.54) is 6.08 Å². The molecule has 0 heterocycles. The van der Waals surface area contributed by atoms with E-state index < -0.39 is 5.97 Å². The number of carboxylic acids is 1. The summed E-state index contributed by atoms with van der Waals surface area (Å²) in [5.74, 6) is -0.675. The third-order valence-electron chi connectivity index (χ3n) is 2.23. The van der Waals surface area contributed by atoms with Crippen molar-refractivity contribution in [1.29, 1.82) is 0 Å². The number of rotatable bonds is 7. The van der Waals surface area contributed by atoms with E-state index in [0.29, 0.717) is 12.3 Å². The van der Waals surface area contributed by atoms with Gasteiger partial charge < -0.3 is 10.4 Å². The molecule has 0 atom stereocenters. The zero-order valence-corrected chi connectivity index (χ0v) is 10.2. The molecule has 16 heavy (non-hydrogen) atoms. The summed E-state index contributed by atoms with van der Waals surface area (Å²) in [5.41, 5.74) is -0.0474. The van der Waals surface area contributed by atoms with Gasteiger partial charge in [-0.15, -0.1) is 0 Å². The van der Waals surface area contributed by atoms with E-state index in [1.807, 2.05) is 0 Å². The number of allylic oxidation sites excluding steroid dienone is 1. The van der Waals surface area contributed by atoms with Crippen molar-refractivity contribution in [3.8, 4) is 0 Å². The summed E-state index contributed by atoms with van der Waals surface area (Å²) >= 11 is 0. The van der Waals surface area contributed by atoms with Crippen LogP contribution in [0.25, 0.3) is 0 Å². The first-order valence-corrected chi connectivity index (χ1v) is 5.66. The number of carbonyl (C=O) groups excluding carboxylic acids is 1. The minimum absolute atomic E-state index is 0.0474. The van der Waals surface area contributed by atoms with Crippen LogP contribution in [-0.2, 0) is 9.59 Å². The molecule has 0 rings (SSSR count). The highest BCUT2D eigenvalue weighted by atomic mass is 16.4. The van der Waals surface area contributed by atoms with E-state index in [-0.39, 0.29) is 11.6 Å². The van der Waals surface area contributed by atoms with Gasteiger partial charge in [0.05, 0.1) is 0 Å². The summed E-state index contributed by atoms with van der Waals surface area (Å²) in [5, 5.41) is 11.1. The van der Waals surface area contributed by atoms with Crippen LogP contribution in [0.1, 0.15) is 46.5 Å². The van der Waals surface area contributed by atoms with Gasteiger partial charge in [0.2, 0.25) is 5.91 Å². The Balaban J connectivity index is 3.78. The molecule has 0 saturated carbocycles. The smallest absolute Gasteiger partial charge is 0.352 e. The molecule has 0 aromatic carbocycles. The van der Waals surface area contributed by atoms with E-state index in [9.17, 15) is 9.59 Å². The quantitative estimate of drug-likeness (QED) is 0.518. The standard InChI is InChI=1S/C12H21NO3/c1-4-10(12(15)16)13-11(14)8-6-5-7-9(2)3/h4,9H,5-8H2,1-3H3,(H,13,14)(H,15,16)/b10-4+. The van der Waals surface area contributed by atoms with Gasteiger partial charge in [0, 0.05) is 6.42 Å². The monoisotopic (exact) mass is 227 g/mol. The van der Waals surface area contributed by atoms with Gasteiger partial charge in [-0.2, -0.15) is 0 Å². The lowest BCUT2D eigenvalue weighted by Crippen LogP contribution is -2.26. The number of carbonyl (C=O) groups is 2. The van der Waals surface area contributed by atoms with Crippen molar-refractivity contribution in [3.05, 3.63) is 11.8 Å². The van der Waals surface area contributed by atoms with Crippen LogP contribution in [0.15, 0.2) is 11.8 Å². The maximum atomic E-state index is 11.3. The lowest BCUT2D eigenvalue weighted by molar-refractivity contribution is -0.134. The Labute approximate surface area is 96.7 Å². The predicted octanol–water partition coefficient (Wildman–Crippen LogP) is 2.31. The van der Waals surface area contributed by atoms with Crippen LogP contribution in [0.3, 0.4) is 0 Å². The highest BCUT2D eigenvalue weighted by molar-refractivity contribution is 5.92. The van der Waals surface area contributed by atoms with Crippen LogP contribution >= 0.6 is 0 Å². The Morgan fingerprint density at radius 2 is 1.94 bits per heavy atom. The number of unbranched alkanes of at least 4 members (excludes halogenated alkanes) is 1. The van der Waals surface area contributed by atoms with Crippen molar-refractivity contribution in [2.45, 2.75) is 46.5 Å². The molecule has 0 unspecified atom stereocenters. The SMILES string of the molecule is C/C=C(/NC(=O)CCCCC(C)C)C(=O)O. The fourth-order valence-electron chi connectivity index (χ4n) is 1.30. The zero-order chi connectivity index (χ0) is 12.6. The average molecular weight is 227 g/mol. The number of hydrogen-bond donors (Lipinski definition) is 2. The second-order valence-corrected chi connectivity index (χ2v) is 4.20. The number of amides is 1. The van der Waals surface area contributed by atoms with Crippen LogP contribution < -0.4 is 5.32 Å². The second-order valence-electron chi connectivity index (χ2n) is 4.20. The van der Waals surface area contributed by atoms with E-state index in [2.05, 4.69) is 19.2 Å². The molecule has 92 valence electrons. The van der Waals surface area contributed by atoms with Gasteiger partial charge in [0.25, 0.3) is 0 Å².